The minimum Gasteiger partial charge on any atom is -0.481 e. The van der Waals surface area contributed by atoms with Crippen molar-refractivity contribution in [2.75, 3.05) is 6.61 Å². The summed E-state index contributed by atoms with van der Waals surface area (Å²) in [5.74, 6) is -0.738. The van der Waals surface area contributed by atoms with Crippen LogP contribution in [-0.4, -0.2) is 22.8 Å². The highest BCUT2D eigenvalue weighted by Gasteiger charge is 2.00. The Labute approximate surface area is 151 Å². The van der Waals surface area contributed by atoms with Gasteiger partial charge in [-0.1, -0.05) is 36.4 Å². The fourth-order valence-electron chi connectivity index (χ4n) is 2.45. The molecule has 136 valence electrons. The van der Waals surface area contributed by atoms with E-state index in [1.54, 1.807) is 0 Å². The van der Waals surface area contributed by atoms with Gasteiger partial charge in [0.15, 0.2) is 0 Å². The standard InChI is InChI=1S/C11H14O2.C11H16O/c1-8-3-4-10(7-9(8)2)5-6-11(12)13;1-9-5-6-11(4-3-7-12)8-10(9)2/h3-4,7H,5-6H2,1-2H3,(H,12,13);5-6,8,12H,3-4,7H2,1-2H3. The predicted molar refractivity (Wildman–Crippen MR) is 103 cm³/mol. The maximum absolute atomic E-state index is 10.3. The van der Waals surface area contributed by atoms with Crippen molar-refractivity contribution in [3.05, 3.63) is 69.8 Å². The van der Waals surface area contributed by atoms with Crippen LogP contribution in [-0.2, 0) is 17.6 Å². The average molecular weight is 342 g/mol. The SMILES string of the molecule is Cc1ccc(CCC(=O)O)cc1C.Cc1ccc(CCCO)cc1C. The van der Waals surface area contributed by atoms with Crippen molar-refractivity contribution < 1.29 is 15.0 Å². The van der Waals surface area contributed by atoms with Gasteiger partial charge in [-0.05, 0) is 80.3 Å². The molecule has 0 unspecified atom stereocenters. The van der Waals surface area contributed by atoms with Crippen molar-refractivity contribution in [1.29, 1.82) is 0 Å². The first-order chi connectivity index (χ1) is 11.8. The van der Waals surface area contributed by atoms with Crippen LogP contribution in [0.25, 0.3) is 0 Å². The Kier molecular flexibility index (Phi) is 8.93. The second-order valence-corrected chi connectivity index (χ2v) is 6.56. The van der Waals surface area contributed by atoms with Crippen molar-refractivity contribution in [3.8, 4) is 0 Å². The highest BCUT2D eigenvalue weighted by atomic mass is 16.4. The molecule has 0 saturated carbocycles. The maximum Gasteiger partial charge on any atom is 0.303 e. The summed E-state index contributed by atoms with van der Waals surface area (Å²) in [5, 5.41) is 17.2. The highest BCUT2D eigenvalue weighted by Crippen LogP contribution is 2.12. The van der Waals surface area contributed by atoms with Crippen molar-refractivity contribution in [1.82, 2.24) is 0 Å². The molecule has 2 aromatic carbocycles. The normalized spacial score (nSPS) is 10.1. The summed E-state index contributed by atoms with van der Waals surface area (Å²) in [6.45, 7) is 8.62. The van der Waals surface area contributed by atoms with Gasteiger partial charge in [0.1, 0.15) is 0 Å². The van der Waals surface area contributed by atoms with E-state index in [9.17, 15) is 4.79 Å². The molecule has 0 saturated heterocycles. The number of carbonyl (C=O) groups is 1. The van der Waals surface area contributed by atoms with E-state index in [2.05, 4.69) is 45.0 Å². The van der Waals surface area contributed by atoms with E-state index < -0.39 is 5.97 Å². The molecule has 0 radical (unpaired) electrons. The van der Waals surface area contributed by atoms with Crippen LogP contribution in [0, 0.1) is 27.7 Å². The molecule has 0 aliphatic heterocycles. The van der Waals surface area contributed by atoms with Gasteiger partial charge >= 0.3 is 5.97 Å². The van der Waals surface area contributed by atoms with E-state index in [1.807, 2.05) is 19.1 Å². The topological polar surface area (TPSA) is 57.5 Å². The van der Waals surface area contributed by atoms with Crippen LogP contribution in [0.1, 0.15) is 46.2 Å². The number of carboxylic acid groups (broad SMARTS) is 1. The second-order valence-electron chi connectivity index (χ2n) is 6.56. The fourth-order valence-corrected chi connectivity index (χ4v) is 2.45. The molecular formula is C22H30O3. The lowest BCUT2D eigenvalue weighted by Crippen LogP contribution is -1.97. The van der Waals surface area contributed by atoms with Gasteiger partial charge in [0.25, 0.3) is 0 Å². The van der Waals surface area contributed by atoms with Crippen LogP contribution in [0.15, 0.2) is 36.4 Å². The number of aliphatic carboxylic acids is 1. The molecule has 0 amide bonds. The Balaban J connectivity index is 0.000000251. The number of aryl methyl sites for hydroxylation is 6. The molecule has 0 aromatic heterocycles. The summed E-state index contributed by atoms with van der Waals surface area (Å²) >= 11 is 0. The lowest BCUT2D eigenvalue weighted by atomic mass is 10.0. The van der Waals surface area contributed by atoms with Crippen molar-refractivity contribution >= 4 is 5.97 Å². The van der Waals surface area contributed by atoms with E-state index in [1.165, 1.54) is 27.8 Å². The molecule has 25 heavy (non-hydrogen) atoms. The van der Waals surface area contributed by atoms with Crippen molar-refractivity contribution in [2.24, 2.45) is 0 Å². The third-order valence-electron chi connectivity index (χ3n) is 4.39. The molecule has 0 heterocycles. The minimum atomic E-state index is -0.738. The van der Waals surface area contributed by atoms with Gasteiger partial charge < -0.3 is 10.2 Å². The van der Waals surface area contributed by atoms with E-state index in [0.717, 1.165) is 18.4 Å². The highest BCUT2D eigenvalue weighted by molar-refractivity contribution is 5.67. The zero-order valence-corrected chi connectivity index (χ0v) is 15.8. The first kappa shape index (κ1) is 20.9. The molecule has 0 fully saturated rings. The number of hydrogen-bond acceptors (Lipinski definition) is 2. The van der Waals surface area contributed by atoms with Gasteiger partial charge in [-0.25, -0.2) is 0 Å². The number of rotatable bonds is 6. The Morgan fingerprint density at radius 1 is 0.800 bits per heavy atom. The zero-order chi connectivity index (χ0) is 18.8. The van der Waals surface area contributed by atoms with Crippen molar-refractivity contribution in [3.63, 3.8) is 0 Å². The zero-order valence-electron chi connectivity index (χ0n) is 15.8. The van der Waals surface area contributed by atoms with Crippen LogP contribution >= 0.6 is 0 Å². The quantitative estimate of drug-likeness (QED) is 0.810. The van der Waals surface area contributed by atoms with Gasteiger partial charge in [0, 0.05) is 13.0 Å². The van der Waals surface area contributed by atoms with Gasteiger partial charge in [-0.3, -0.25) is 4.79 Å². The van der Waals surface area contributed by atoms with Gasteiger partial charge in [-0.2, -0.15) is 0 Å². The molecule has 0 aliphatic carbocycles. The van der Waals surface area contributed by atoms with E-state index >= 15 is 0 Å². The number of aliphatic hydroxyl groups excluding tert-OH is 1. The van der Waals surface area contributed by atoms with Crippen LogP contribution in [0.2, 0.25) is 0 Å². The van der Waals surface area contributed by atoms with Crippen LogP contribution in [0.4, 0.5) is 0 Å². The summed E-state index contributed by atoms with van der Waals surface area (Å²) < 4.78 is 0. The number of aliphatic hydroxyl groups is 1. The van der Waals surface area contributed by atoms with Gasteiger partial charge in [0.05, 0.1) is 0 Å². The smallest absolute Gasteiger partial charge is 0.303 e. The predicted octanol–water partition coefficient (Wildman–Crippen LogP) is 4.55. The lowest BCUT2D eigenvalue weighted by Gasteiger charge is -2.03. The second kappa shape index (κ2) is 10.7. The van der Waals surface area contributed by atoms with E-state index in [-0.39, 0.29) is 13.0 Å². The summed E-state index contributed by atoms with van der Waals surface area (Å²) in [6, 6.07) is 12.6. The minimum absolute atomic E-state index is 0.211. The molecule has 3 nitrogen and oxygen atoms in total. The number of carboxylic acids is 1. The summed E-state index contributed by atoms with van der Waals surface area (Å²) in [4.78, 5) is 10.3. The Bertz CT molecular complexity index is 690. The van der Waals surface area contributed by atoms with E-state index in [4.69, 9.17) is 10.2 Å². The average Bonchev–Trinajstić information content (AvgIpc) is 2.57. The third kappa shape index (κ3) is 7.99. The first-order valence-electron chi connectivity index (χ1n) is 8.78. The fraction of sp³-hybridized carbons (Fsp3) is 0.409. The molecule has 2 rings (SSSR count). The molecule has 0 aliphatic rings. The summed E-state index contributed by atoms with van der Waals surface area (Å²) in [5.41, 5.74) is 7.58. The molecule has 0 bridgehead atoms. The largest absolute Gasteiger partial charge is 0.481 e. The lowest BCUT2D eigenvalue weighted by molar-refractivity contribution is -0.136. The molecule has 0 atom stereocenters. The molecular weight excluding hydrogens is 312 g/mol. The van der Waals surface area contributed by atoms with Gasteiger partial charge in [-0.15, -0.1) is 0 Å². The van der Waals surface area contributed by atoms with Crippen LogP contribution in [0.3, 0.4) is 0 Å². The molecule has 3 heteroatoms. The summed E-state index contributed by atoms with van der Waals surface area (Å²) in [6.07, 6.45) is 2.68. The summed E-state index contributed by atoms with van der Waals surface area (Å²) in [7, 11) is 0. The third-order valence-corrected chi connectivity index (χ3v) is 4.39. The molecule has 2 aromatic rings. The van der Waals surface area contributed by atoms with Crippen molar-refractivity contribution in [2.45, 2.75) is 53.4 Å². The Hall–Kier alpha value is -2.13. The number of hydrogen-bond donors (Lipinski definition) is 2. The van der Waals surface area contributed by atoms with E-state index in [0.29, 0.717) is 6.42 Å². The molecule has 2 N–H and O–H groups in total. The van der Waals surface area contributed by atoms with Crippen LogP contribution in [0.5, 0.6) is 0 Å². The Morgan fingerprint density at radius 3 is 1.68 bits per heavy atom. The maximum atomic E-state index is 10.3. The monoisotopic (exact) mass is 342 g/mol. The Morgan fingerprint density at radius 2 is 1.28 bits per heavy atom. The first-order valence-corrected chi connectivity index (χ1v) is 8.78. The number of benzene rings is 2. The van der Waals surface area contributed by atoms with Gasteiger partial charge in [0.2, 0.25) is 0 Å². The van der Waals surface area contributed by atoms with Crippen LogP contribution < -0.4 is 0 Å². The molecule has 0 spiro atoms.